The number of rotatable bonds is 2. The third kappa shape index (κ3) is 2.75. The molecule has 19 heavy (non-hydrogen) atoms. The van der Waals surface area contributed by atoms with E-state index in [1.165, 1.54) is 22.4 Å². The Labute approximate surface area is 124 Å². The molecule has 1 nitrogen and oxygen atoms in total. The van der Waals surface area contributed by atoms with E-state index >= 15 is 0 Å². The molecule has 0 spiro atoms. The zero-order chi connectivity index (χ0) is 14.0. The Morgan fingerprint density at radius 1 is 1.26 bits per heavy atom. The second-order valence-corrected chi connectivity index (χ2v) is 6.27. The fourth-order valence-electron chi connectivity index (χ4n) is 2.28. The van der Waals surface area contributed by atoms with E-state index < -0.39 is 0 Å². The van der Waals surface area contributed by atoms with Crippen LogP contribution >= 0.6 is 15.9 Å². The Kier molecular flexibility index (Phi) is 4.12. The van der Waals surface area contributed by atoms with Gasteiger partial charge in [-0.3, -0.25) is 4.48 Å². The quantitative estimate of drug-likeness (QED) is 0.429. The van der Waals surface area contributed by atoms with Crippen LogP contribution in [-0.4, -0.2) is 23.5 Å². The average Bonchev–Trinajstić information content (AvgIpc) is 2.38. The van der Waals surface area contributed by atoms with Gasteiger partial charge in [0.1, 0.15) is 5.70 Å². The van der Waals surface area contributed by atoms with Crippen LogP contribution in [0.15, 0.2) is 54.3 Å². The van der Waals surface area contributed by atoms with Crippen LogP contribution in [0.4, 0.5) is 0 Å². The maximum Gasteiger partial charge on any atom is 0.167 e. The first kappa shape index (κ1) is 14.3. The molecular weight excluding hydrogens is 298 g/mol. The van der Waals surface area contributed by atoms with Crippen LogP contribution < -0.4 is 0 Å². The van der Waals surface area contributed by atoms with Crippen LogP contribution in [0, 0.1) is 13.8 Å². The summed E-state index contributed by atoms with van der Waals surface area (Å²) in [5, 5.41) is 0. The van der Waals surface area contributed by atoms with E-state index in [-0.39, 0.29) is 4.95 Å². The van der Waals surface area contributed by atoms with Crippen molar-refractivity contribution < 1.29 is 4.48 Å². The minimum atomic E-state index is 0.285. The third-order valence-corrected chi connectivity index (χ3v) is 4.93. The van der Waals surface area contributed by atoms with E-state index in [0.717, 1.165) is 4.48 Å². The molecule has 2 rings (SSSR count). The number of quaternary nitrogens is 1. The third-order valence-electron chi connectivity index (χ3n) is 3.60. The lowest BCUT2D eigenvalue weighted by Crippen LogP contribution is -2.45. The lowest BCUT2D eigenvalue weighted by Gasteiger charge is -2.37. The Hall–Kier alpha value is -1.12. The van der Waals surface area contributed by atoms with E-state index in [1.807, 2.05) is 6.08 Å². The molecule has 1 unspecified atom stereocenters. The lowest BCUT2D eigenvalue weighted by atomic mass is 9.98. The lowest BCUT2D eigenvalue weighted by molar-refractivity contribution is -0.851. The summed E-state index contributed by atoms with van der Waals surface area (Å²) < 4.78 is 0.770. The molecule has 1 heterocycles. The van der Waals surface area contributed by atoms with Crippen molar-refractivity contribution in [3.63, 3.8) is 0 Å². The molecule has 0 saturated heterocycles. The first-order valence-corrected chi connectivity index (χ1v) is 7.32. The summed E-state index contributed by atoms with van der Waals surface area (Å²) in [6.07, 6.45) is 8.40. The molecule has 0 amide bonds. The summed E-state index contributed by atoms with van der Waals surface area (Å²) >= 11 is 3.73. The van der Waals surface area contributed by atoms with Crippen molar-refractivity contribution in [2.75, 3.05) is 14.1 Å². The van der Waals surface area contributed by atoms with Crippen molar-refractivity contribution in [3.8, 4) is 0 Å². The van der Waals surface area contributed by atoms with Gasteiger partial charge in [0.25, 0.3) is 0 Å². The topological polar surface area (TPSA) is 0 Å². The fourth-order valence-corrected chi connectivity index (χ4v) is 2.68. The van der Waals surface area contributed by atoms with Gasteiger partial charge in [0.15, 0.2) is 4.95 Å². The zero-order valence-electron chi connectivity index (χ0n) is 11.7. The monoisotopic (exact) mass is 317 g/mol. The molecule has 1 aliphatic rings. The van der Waals surface area contributed by atoms with Crippen LogP contribution in [0.1, 0.15) is 11.1 Å². The van der Waals surface area contributed by atoms with E-state index in [0.29, 0.717) is 0 Å². The molecule has 0 aromatic heterocycles. The van der Waals surface area contributed by atoms with E-state index in [2.05, 4.69) is 86.4 Å². The van der Waals surface area contributed by atoms with Gasteiger partial charge in [-0.15, -0.1) is 0 Å². The number of halogens is 1. The van der Waals surface area contributed by atoms with Gasteiger partial charge in [-0.2, -0.15) is 0 Å². The molecule has 0 N–H and O–H groups in total. The number of alkyl halides is 1. The van der Waals surface area contributed by atoms with Crippen LogP contribution in [0.25, 0.3) is 5.57 Å². The van der Waals surface area contributed by atoms with Gasteiger partial charge >= 0.3 is 0 Å². The Balaban J connectivity index is 2.46. The number of hydrogen-bond acceptors (Lipinski definition) is 0. The number of benzene rings is 1. The molecule has 0 saturated carbocycles. The van der Waals surface area contributed by atoms with Gasteiger partial charge < -0.3 is 0 Å². The summed E-state index contributed by atoms with van der Waals surface area (Å²) in [4.78, 5) is 0.285. The number of aryl methyl sites for hydroxylation is 1. The maximum atomic E-state index is 4.00. The van der Waals surface area contributed by atoms with Crippen LogP contribution in [0.5, 0.6) is 0 Å². The highest BCUT2D eigenvalue weighted by molar-refractivity contribution is 9.09. The first-order valence-electron chi connectivity index (χ1n) is 6.40. The highest BCUT2D eigenvalue weighted by Crippen LogP contribution is 2.35. The first-order chi connectivity index (χ1) is 8.96. The number of likely N-dealkylation sites (N-methyl/N-ethyl adjacent to an activating group) is 1. The standard InChI is InChI=1S/C17H20BrN/c1-5-15(14-11-9-13(2)10-12-14)16-7-6-8-17(18)19(16,3)4/h5-12,17H,1H2,2-4H3/q+1/b15-5-. The second kappa shape index (κ2) is 5.48. The van der Waals surface area contributed by atoms with Crippen molar-refractivity contribution in [2.45, 2.75) is 11.9 Å². The molecule has 0 aliphatic carbocycles. The van der Waals surface area contributed by atoms with Crippen molar-refractivity contribution in [1.29, 1.82) is 0 Å². The molecule has 1 atom stereocenters. The molecule has 0 fully saturated rings. The molecule has 99 valence electrons. The number of hydrogen-bond donors (Lipinski definition) is 0. The van der Waals surface area contributed by atoms with Crippen molar-refractivity contribution in [1.82, 2.24) is 0 Å². The van der Waals surface area contributed by atoms with Crippen LogP contribution in [0.3, 0.4) is 0 Å². The normalized spacial score (nSPS) is 22.3. The Morgan fingerprint density at radius 2 is 1.89 bits per heavy atom. The Bertz CT molecular complexity index is 547. The molecule has 2 heteroatoms. The number of nitrogens with zero attached hydrogens (tertiary/aromatic N) is 1. The predicted octanol–water partition coefficient (Wildman–Crippen LogP) is 4.46. The van der Waals surface area contributed by atoms with Crippen LogP contribution in [-0.2, 0) is 0 Å². The van der Waals surface area contributed by atoms with Crippen LogP contribution in [0.2, 0.25) is 0 Å². The highest BCUT2D eigenvalue weighted by atomic mass is 79.9. The van der Waals surface area contributed by atoms with Crippen molar-refractivity contribution in [3.05, 3.63) is 72.3 Å². The maximum absolute atomic E-state index is 4.00. The zero-order valence-corrected chi connectivity index (χ0v) is 13.3. The van der Waals surface area contributed by atoms with Gasteiger partial charge in [0.05, 0.1) is 14.1 Å². The molecule has 0 bridgehead atoms. The van der Waals surface area contributed by atoms with E-state index in [9.17, 15) is 0 Å². The highest BCUT2D eigenvalue weighted by Gasteiger charge is 2.33. The second-order valence-electron chi connectivity index (χ2n) is 5.33. The Morgan fingerprint density at radius 3 is 2.47 bits per heavy atom. The fraction of sp³-hybridized carbons (Fsp3) is 0.235. The van der Waals surface area contributed by atoms with Crippen molar-refractivity contribution >= 4 is 21.5 Å². The SMILES string of the molecule is [CH2]/C=C(\C1=CC=CC(Br)[N+]1(C)C)c1ccc(C)cc1. The molecule has 1 aromatic carbocycles. The van der Waals surface area contributed by atoms with Gasteiger partial charge in [-0.05, 0) is 47.5 Å². The van der Waals surface area contributed by atoms with Crippen molar-refractivity contribution in [2.24, 2.45) is 0 Å². The summed E-state index contributed by atoms with van der Waals surface area (Å²) in [7, 11) is 4.40. The molecule has 1 radical (unpaired) electrons. The van der Waals surface area contributed by atoms with E-state index in [4.69, 9.17) is 0 Å². The largest absolute Gasteiger partial charge is 0.281 e. The smallest absolute Gasteiger partial charge is 0.167 e. The molecular formula is C17H20BrN+. The molecule has 1 aromatic rings. The summed E-state index contributed by atoms with van der Waals surface area (Å²) in [5.41, 5.74) is 4.95. The van der Waals surface area contributed by atoms with Gasteiger partial charge in [0.2, 0.25) is 0 Å². The minimum absolute atomic E-state index is 0.285. The van der Waals surface area contributed by atoms with Gasteiger partial charge in [-0.25, -0.2) is 0 Å². The van der Waals surface area contributed by atoms with Gasteiger partial charge in [-0.1, -0.05) is 42.0 Å². The summed E-state index contributed by atoms with van der Waals surface area (Å²) in [5.74, 6) is 0. The number of allylic oxidation sites excluding steroid dienone is 4. The minimum Gasteiger partial charge on any atom is -0.281 e. The van der Waals surface area contributed by atoms with Gasteiger partial charge in [0, 0.05) is 5.57 Å². The summed E-state index contributed by atoms with van der Waals surface area (Å²) in [6.45, 7) is 6.10. The summed E-state index contributed by atoms with van der Waals surface area (Å²) in [6, 6.07) is 8.61. The molecule has 1 aliphatic heterocycles. The predicted molar refractivity (Wildman–Crippen MR) is 86.6 cm³/mol. The average molecular weight is 318 g/mol. The van der Waals surface area contributed by atoms with E-state index in [1.54, 1.807) is 0 Å².